The molecule has 30 heavy (non-hydrogen) atoms. The van der Waals surface area contributed by atoms with E-state index in [0.29, 0.717) is 10.4 Å². The van der Waals surface area contributed by atoms with Gasteiger partial charge in [-0.3, -0.25) is 10.1 Å². The Morgan fingerprint density at radius 1 is 1.03 bits per heavy atom. The molecule has 0 saturated heterocycles. The zero-order chi connectivity index (χ0) is 21.3. The molecule has 0 fully saturated rings. The van der Waals surface area contributed by atoms with Gasteiger partial charge in [-0.2, -0.15) is 18.3 Å². The van der Waals surface area contributed by atoms with Crippen LogP contribution >= 0.6 is 11.3 Å². The number of halogens is 4. The highest BCUT2D eigenvalue weighted by atomic mass is 32.1. The molecule has 1 amide bonds. The Kier molecular flexibility index (Phi) is 5.08. The summed E-state index contributed by atoms with van der Waals surface area (Å²) in [5.41, 5.74) is -0.540. The van der Waals surface area contributed by atoms with E-state index in [1.165, 1.54) is 0 Å². The molecule has 0 radical (unpaired) electrons. The Morgan fingerprint density at radius 2 is 1.73 bits per heavy atom. The molecule has 2 aromatic heterocycles. The third-order valence-corrected chi connectivity index (χ3v) is 4.91. The number of aromatic nitrogens is 3. The van der Waals surface area contributed by atoms with Crippen LogP contribution < -0.4 is 5.32 Å². The SMILES string of the molecule is O=C(Nc1nc(-c2ccccc2)cs1)c1cnn(-c2ccc(F)cc2)c1C(F)(F)F. The van der Waals surface area contributed by atoms with Gasteiger partial charge in [0.2, 0.25) is 0 Å². The quantitative estimate of drug-likeness (QED) is 0.439. The molecule has 0 atom stereocenters. The van der Waals surface area contributed by atoms with E-state index in [9.17, 15) is 22.4 Å². The number of alkyl halides is 3. The highest BCUT2D eigenvalue weighted by molar-refractivity contribution is 7.14. The molecule has 1 N–H and O–H groups in total. The Bertz CT molecular complexity index is 1180. The molecule has 0 saturated carbocycles. The van der Waals surface area contributed by atoms with Gasteiger partial charge in [0.05, 0.1) is 23.1 Å². The lowest BCUT2D eigenvalue weighted by atomic mass is 10.2. The number of thiazole rings is 1. The molecule has 0 aliphatic rings. The molecule has 152 valence electrons. The molecular formula is C20H12F4N4OS. The Hall–Kier alpha value is -3.53. The van der Waals surface area contributed by atoms with Gasteiger partial charge >= 0.3 is 6.18 Å². The summed E-state index contributed by atoms with van der Waals surface area (Å²) in [4.78, 5) is 16.8. The minimum Gasteiger partial charge on any atom is -0.298 e. The van der Waals surface area contributed by atoms with Crippen LogP contribution in [0.25, 0.3) is 16.9 Å². The predicted molar refractivity (Wildman–Crippen MR) is 104 cm³/mol. The summed E-state index contributed by atoms with van der Waals surface area (Å²) >= 11 is 1.09. The van der Waals surface area contributed by atoms with Crippen LogP contribution in [0.15, 0.2) is 66.2 Å². The minimum absolute atomic E-state index is 0.0246. The van der Waals surface area contributed by atoms with E-state index in [-0.39, 0.29) is 10.8 Å². The molecule has 2 aromatic carbocycles. The fourth-order valence-electron chi connectivity index (χ4n) is 2.80. The van der Waals surface area contributed by atoms with Gasteiger partial charge in [0.25, 0.3) is 5.91 Å². The number of hydrogen-bond donors (Lipinski definition) is 1. The second kappa shape index (κ2) is 7.71. The third-order valence-electron chi connectivity index (χ3n) is 4.15. The standard InChI is InChI=1S/C20H12F4N4OS/c21-13-6-8-14(9-7-13)28-17(20(22,23)24)15(10-25-28)18(29)27-19-26-16(11-30-19)12-4-2-1-3-5-12/h1-11H,(H,26,27,29). The van der Waals surface area contributed by atoms with Crippen molar-refractivity contribution in [3.63, 3.8) is 0 Å². The first-order valence-electron chi connectivity index (χ1n) is 8.56. The molecular weight excluding hydrogens is 420 g/mol. The maximum atomic E-state index is 13.7. The number of carbonyl (C=O) groups excluding carboxylic acids is 1. The van der Waals surface area contributed by atoms with Crippen molar-refractivity contribution in [3.05, 3.63) is 83.2 Å². The summed E-state index contributed by atoms with van der Waals surface area (Å²) in [6, 6.07) is 13.5. The molecule has 5 nitrogen and oxygen atoms in total. The molecule has 0 spiro atoms. The average Bonchev–Trinajstić information content (AvgIpc) is 3.36. The van der Waals surface area contributed by atoms with Crippen LogP contribution in [0.1, 0.15) is 16.1 Å². The van der Waals surface area contributed by atoms with Crippen LogP contribution in [0, 0.1) is 5.82 Å². The summed E-state index contributed by atoms with van der Waals surface area (Å²) in [5, 5.41) is 7.93. The highest BCUT2D eigenvalue weighted by Crippen LogP contribution is 2.34. The van der Waals surface area contributed by atoms with Gasteiger partial charge in [-0.05, 0) is 24.3 Å². The number of hydrogen-bond acceptors (Lipinski definition) is 4. The van der Waals surface area contributed by atoms with E-state index in [2.05, 4.69) is 15.4 Å². The molecule has 4 aromatic rings. The van der Waals surface area contributed by atoms with Crippen molar-refractivity contribution in [2.24, 2.45) is 0 Å². The van der Waals surface area contributed by atoms with Gasteiger partial charge in [-0.1, -0.05) is 30.3 Å². The Labute approximate surface area is 171 Å². The fourth-order valence-corrected chi connectivity index (χ4v) is 3.52. The Morgan fingerprint density at radius 3 is 2.40 bits per heavy atom. The molecule has 0 unspecified atom stereocenters. The number of benzene rings is 2. The van der Waals surface area contributed by atoms with Crippen molar-refractivity contribution < 1.29 is 22.4 Å². The van der Waals surface area contributed by atoms with Crippen LogP contribution in [0.5, 0.6) is 0 Å². The maximum Gasteiger partial charge on any atom is 0.434 e. The van der Waals surface area contributed by atoms with Crippen molar-refractivity contribution >= 4 is 22.4 Å². The second-order valence-corrected chi connectivity index (χ2v) is 7.01. The molecule has 0 aliphatic carbocycles. The number of carbonyl (C=O) groups is 1. The second-order valence-electron chi connectivity index (χ2n) is 6.15. The topological polar surface area (TPSA) is 59.8 Å². The van der Waals surface area contributed by atoms with E-state index >= 15 is 0 Å². The lowest BCUT2D eigenvalue weighted by molar-refractivity contribution is -0.143. The number of amides is 1. The summed E-state index contributed by atoms with van der Waals surface area (Å²) in [5.74, 6) is -1.60. The van der Waals surface area contributed by atoms with Crippen molar-refractivity contribution in [1.29, 1.82) is 0 Å². The first kappa shape index (κ1) is 19.8. The number of nitrogens with one attached hydrogen (secondary N) is 1. The first-order valence-corrected chi connectivity index (χ1v) is 9.44. The van der Waals surface area contributed by atoms with E-state index in [4.69, 9.17) is 0 Å². The number of rotatable bonds is 4. The van der Waals surface area contributed by atoms with Crippen molar-refractivity contribution in [2.45, 2.75) is 6.18 Å². The smallest absolute Gasteiger partial charge is 0.298 e. The summed E-state index contributed by atoms with van der Waals surface area (Å²) in [6.07, 6.45) is -4.04. The van der Waals surface area contributed by atoms with Crippen LogP contribution in [-0.4, -0.2) is 20.7 Å². The van der Waals surface area contributed by atoms with Crippen molar-refractivity contribution in [1.82, 2.24) is 14.8 Å². The van der Waals surface area contributed by atoms with Gasteiger partial charge in [0.1, 0.15) is 5.82 Å². The van der Waals surface area contributed by atoms with E-state index < -0.39 is 29.2 Å². The molecule has 0 aliphatic heterocycles. The lowest BCUT2D eigenvalue weighted by Crippen LogP contribution is -2.20. The predicted octanol–water partition coefficient (Wildman–Crippen LogP) is 5.41. The summed E-state index contributed by atoms with van der Waals surface area (Å²) < 4.78 is 54.8. The molecule has 4 rings (SSSR count). The summed E-state index contributed by atoms with van der Waals surface area (Å²) in [6.45, 7) is 0. The zero-order valence-corrected chi connectivity index (χ0v) is 15.8. The Balaban J connectivity index is 1.65. The van der Waals surface area contributed by atoms with E-state index in [1.54, 1.807) is 5.38 Å². The van der Waals surface area contributed by atoms with Gasteiger partial charge in [0.15, 0.2) is 10.8 Å². The number of nitrogens with zero attached hydrogens (tertiary/aromatic N) is 3. The third kappa shape index (κ3) is 3.94. The van der Waals surface area contributed by atoms with E-state index in [1.807, 2.05) is 30.3 Å². The molecule has 2 heterocycles. The fraction of sp³-hybridized carbons (Fsp3) is 0.0500. The van der Waals surface area contributed by atoms with Crippen LogP contribution in [0.3, 0.4) is 0 Å². The highest BCUT2D eigenvalue weighted by Gasteiger charge is 2.40. The largest absolute Gasteiger partial charge is 0.434 e. The van der Waals surface area contributed by atoms with Gasteiger partial charge in [-0.15, -0.1) is 11.3 Å². The molecule has 0 bridgehead atoms. The number of anilines is 1. The zero-order valence-electron chi connectivity index (χ0n) is 15.0. The average molecular weight is 432 g/mol. The minimum atomic E-state index is -4.87. The summed E-state index contributed by atoms with van der Waals surface area (Å²) in [7, 11) is 0. The molecule has 10 heteroatoms. The van der Waals surface area contributed by atoms with Crippen LogP contribution in [0.2, 0.25) is 0 Å². The van der Waals surface area contributed by atoms with Crippen molar-refractivity contribution in [3.8, 4) is 16.9 Å². The lowest BCUT2D eigenvalue weighted by Gasteiger charge is -2.12. The monoisotopic (exact) mass is 432 g/mol. The maximum absolute atomic E-state index is 13.7. The van der Waals surface area contributed by atoms with Crippen LogP contribution in [0.4, 0.5) is 22.7 Å². The first-order chi connectivity index (χ1) is 14.3. The van der Waals surface area contributed by atoms with E-state index in [0.717, 1.165) is 47.4 Å². The normalized spacial score (nSPS) is 11.5. The van der Waals surface area contributed by atoms with Gasteiger partial charge < -0.3 is 0 Å². The van der Waals surface area contributed by atoms with Crippen LogP contribution in [-0.2, 0) is 6.18 Å². The van der Waals surface area contributed by atoms with Crippen molar-refractivity contribution in [2.75, 3.05) is 5.32 Å². The van der Waals surface area contributed by atoms with Gasteiger partial charge in [-0.25, -0.2) is 14.1 Å². The van der Waals surface area contributed by atoms with Gasteiger partial charge in [0, 0.05) is 10.9 Å².